The van der Waals surface area contributed by atoms with Crippen molar-refractivity contribution in [2.24, 2.45) is 0 Å². The van der Waals surface area contributed by atoms with Gasteiger partial charge in [0.1, 0.15) is 0 Å². The van der Waals surface area contributed by atoms with E-state index in [1.54, 1.807) is 0 Å². The first-order valence-electron chi connectivity index (χ1n) is 13.0. The predicted molar refractivity (Wildman–Crippen MR) is 143 cm³/mol. The van der Waals surface area contributed by atoms with Gasteiger partial charge in [0.05, 0.1) is 5.56 Å². The molecule has 2 rings (SSSR count). The van der Waals surface area contributed by atoms with Gasteiger partial charge in [-0.05, 0) is 47.6 Å². The van der Waals surface area contributed by atoms with Crippen LogP contribution in [0.15, 0.2) is 30.3 Å². The summed E-state index contributed by atoms with van der Waals surface area (Å²) in [6, 6.07) is 10.3. The van der Waals surface area contributed by atoms with Crippen molar-refractivity contribution in [2.75, 3.05) is 0 Å². The van der Waals surface area contributed by atoms with Crippen LogP contribution in [-0.4, -0.2) is 60.0 Å². The van der Waals surface area contributed by atoms with Gasteiger partial charge in [-0.3, -0.25) is 0 Å². The van der Waals surface area contributed by atoms with E-state index < -0.39 is 5.97 Å². The van der Waals surface area contributed by atoms with Crippen LogP contribution >= 0.6 is 0 Å². The fraction of sp³-hybridized carbons (Fsp3) is 0.621. The van der Waals surface area contributed by atoms with Crippen molar-refractivity contribution in [1.82, 2.24) is 0 Å². The van der Waals surface area contributed by atoms with Crippen LogP contribution in [0.3, 0.4) is 0 Å². The molecule has 0 unspecified atom stereocenters. The number of carbonyl (C=O) groups is 1. The molecule has 0 atom stereocenters. The van der Waals surface area contributed by atoms with E-state index in [4.69, 9.17) is 0 Å². The molecule has 0 bridgehead atoms. The summed E-state index contributed by atoms with van der Waals surface area (Å²) in [7, 11) is 0. The zero-order valence-electron chi connectivity index (χ0n) is 20.1. The molecule has 0 aliphatic carbocycles. The number of aryl methyl sites for hydroxylation is 1. The maximum absolute atomic E-state index is 12.3. The molecule has 0 aliphatic heterocycles. The average molecular weight is 564 g/mol. The average Bonchev–Trinajstić information content (AvgIpc) is 2.77. The summed E-state index contributed by atoms with van der Waals surface area (Å²) in [5.74, 6) is -0.768. The van der Waals surface area contributed by atoms with Gasteiger partial charge < -0.3 is 5.11 Å². The van der Waals surface area contributed by atoms with Gasteiger partial charge in [-0.25, -0.2) is 4.79 Å². The van der Waals surface area contributed by atoms with Gasteiger partial charge in [0, 0.05) is 0 Å². The Hall–Kier alpha value is -0.259. The van der Waals surface area contributed by atoms with Crippen molar-refractivity contribution in [2.45, 2.75) is 117 Å². The molecule has 0 aromatic heterocycles. The van der Waals surface area contributed by atoms with E-state index in [-0.39, 0.29) is 48.9 Å². The predicted octanol–water partition coefficient (Wildman–Crippen LogP) is 8.21. The summed E-state index contributed by atoms with van der Waals surface area (Å²) in [4.78, 5) is 12.3. The van der Waals surface area contributed by atoms with Crippen LogP contribution < -0.4 is 0 Å². The van der Waals surface area contributed by atoms with Gasteiger partial charge in [-0.2, -0.15) is 0 Å². The fourth-order valence-electron chi connectivity index (χ4n) is 4.73. The third kappa shape index (κ3) is 10.3. The Morgan fingerprint density at radius 2 is 1.22 bits per heavy atom. The first kappa shape index (κ1) is 29.8. The number of fused-ring (bicyclic) bond motifs is 1. The molecular formula is C29H46BaO2. The van der Waals surface area contributed by atoms with Crippen LogP contribution in [-0.2, 0) is 12.8 Å². The van der Waals surface area contributed by atoms with E-state index in [1.807, 2.05) is 18.2 Å². The minimum atomic E-state index is -0.768. The molecule has 2 aromatic rings. The quantitative estimate of drug-likeness (QED) is 0.156. The minimum absolute atomic E-state index is 0. The molecule has 0 amide bonds. The summed E-state index contributed by atoms with van der Waals surface area (Å²) < 4.78 is 0. The zero-order valence-corrected chi connectivity index (χ0v) is 20.1. The van der Waals surface area contributed by atoms with Crippen molar-refractivity contribution >= 4 is 65.6 Å². The molecule has 32 heavy (non-hydrogen) atoms. The number of rotatable bonds is 17. The third-order valence-electron chi connectivity index (χ3n) is 6.54. The van der Waals surface area contributed by atoms with E-state index >= 15 is 0 Å². The Morgan fingerprint density at radius 1 is 0.719 bits per heavy atom. The Morgan fingerprint density at radius 3 is 1.78 bits per heavy atom. The fourth-order valence-corrected chi connectivity index (χ4v) is 4.73. The summed E-state index contributed by atoms with van der Waals surface area (Å²) in [5.41, 5.74) is 2.93. The molecule has 1 N–H and O–H groups in total. The summed E-state index contributed by atoms with van der Waals surface area (Å²) in [6.07, 6.45) is 19.7. The zero-order chi connectivity index (χ0) is 22.3. The third-order valence-corrected chi connectivity index (χ3v) is 6.54. The molecule has 176 valence electrons. The molecule has 0 heterocycles. The van der Waals surface area contributed by atoms with Crippen LogP contribution in [0, 0.1) is 0 Å². The second kappa shape index (κ2) is 18.1. The first-order chi connectivity index (χ1) is 15.2. The normalized spacial score (nSPS) is 10.9. The SMILES string of the molecule is CCCCCCCCCc1cc2ccccc2c(C(=O)O)c1CCCCCCCCC.[BaH2]. The van der Waals surface area contributed by atoms with Crippen molar-refractivity contribution in [3.8, 4) is 0 Å². The monoisotopic (exact) mass is 564 g/mol. The number of carboxylic acids is 1. The molecule has 0 saturated carbocycles. The van der Waals surface area contributed by atoms with E-state index in [0.29, 0.717) is 5.56 Å². The van der Waals surface area contributed by atoms with Gasteiger partial charge in [0.15, 0.2) is 0 Å². The molecule has 2 aromatic carbocycles. The molecule has 2 nitrogen and oxygen atoms in total. The maximum atomic E-state index is 12.3. The Bertz CT molecular complexity index is 784. The van der Waals surface area contributed by atoms with Gasteiger partial charge in [-0.1, -0.05) is 121 Å². The number of carboxylic acid groups (broad SMARTS) is 1. The van der Waals surface area contributed by atoms with E-state index in [1.165, 1.54) is 82.6 Å². The van der Waals surface area contributed by atoms with Gasteiger partial charge >= 0.3 is 54.9 Å². The summed E-state index contributed by atoms with van der Waals surface area (Å²) in [6.45, 7) is 4.51. The van der Waals surface area contributed by atoms with Crippen LogP contribution in [0.4, 0.5) is 0 Å². The molecule has 3 heteroatoms. The van der Waals surface area contributed by atoms with Gasteiger partial charge in [-0.15, -0.1) is 0 Å². The van der Waals surface area contributed by atoms with E-state index in [0.717, 1.165) is 42.0 Å². The van der Waals surface area contributed by atoms with Gasteiger partial charge in [0.2, 0.25) is 0 Å². The number of hydrogen-bond donors (Lipinski definition) is 1. The summed E-state index contributed by atoms with van der Waals surface area (Å²) in [5, 5.41) is 12.0. The first-order valence-corrected chi connectivity index (χ1v) is 13.0. The molecule has 0 radical (unpaired) electrons. The second-order valence-electron chi connectivity index (χ2n) is 9.16. The van der Waals surface area contributed by atoms with E-state index in [9.17, 15) is 9.90 Å². The standard InChI is InChI=1S/C29H44O2.Ba.2H/c1-3-5-7-9-11-13-15-19-24-23-25-20-17-18-22-27(25)28(29(30)31)26(24)21-16-14-12-10-8-6-4-2;;;/h17-18,20,22-23H,3-16,19,21H2,1-2H3,(H,30,31);;;. The molecular weight excluding hydrogens is 518 g/mol. The van der Waals surface area contributed by atoms with Gasteiger partial charge in [0.25, 0.3) is 0 Å². The van der Waals surface area contributed by atoms with Crippen molar-refractivity contribution in [1.29, 1.82) is 0 Å². The number of aromatic carboxylic acids is 1. The molecule has 0 spiro atoms. The Kier molecular flexibility index (Phi) is 16.9. The van der Waals surface area contributed by atoms with Crippen molar-refractivity contribution < 1.29 is 9.90 Å². The summed E-state index contributed by atoms with van der Waals surface area (Å²) >= 11 is 0. The second-order valence-corrected chi connectivity index (χ2v) is 9.16. The number of benzene rings is 2. The molecule has 0 saturated heterocycles. The van der Waals surface area contributed by atoms with Crippen LogP contribution in [0.25, 0.3) is 10.8 Å². The Labute approximate surface area is 237 Å². The Balaban J connectivity index is 0.00000512. The topological polar surface area (TPSA) is 37.3 Å². The molecule has 0 fully saturated rings. The van der Waals surface area contributed by atoms with Crippen LogP contribution in [0.2, 0.25) is 0 Å². The van der Waals surface area contributed by atoms with Crippen LogP contribution in [0.1, 0.15) is 125 Å². The van der Waals surface area contributed by atoms with E-state index in [2.05, 4.69) is 26.0 Å². The van der Waals surface area contributed by atoms with Crippen molar-refractivity contribution in [3.05, 3.63) is 47.0 Å². The number of hydrogen-bond acceptors (Lipinski definition) is 1. The molecule has 0 aliphatic rings. The van der Waals surface area contributed by atoms with Crippen molar-refractivity contribution in [3.63, 3.8) is 0 Å². The number of unbranched alkanes of at least 4 members (excludes halogenated alkanes) is 12. The van der Waals surface area contributed by atoms with Crippen LogP contribution in [0.5, 0.6) is 0 Å².